The Bertz CT molecular complexity index is 249. The summed E-state index contributed by atoms with van der Waals surface area (Å²) in [5.41, 5.74) is 1.17. The van der Waals surface area contributed by atoms with E-state index in [-0.39, 0.29) is 0 Å². The number of hydrogen-bond donors (Lipinski definition) is 0. The maximum absolute atomic E-state index is 3.63. The van der Waals surface area contributed by atoms with Gasteiger partial charge in [-0.25, -0.2) is 0 Å². The molecule has 16 heavy (non-hydrogen) atoms. The molecule has 0 radical (unpaired) electrons. The highest BCUT2D eigenvalue weighted by Gasteiger charge is 1.75. The molecule has 0 heterocycles. The van der Waals surface area contributed by atoms with Gasteiger partial charge in [0.15, 0.2) is 0 Å². The molecule has 0 amide bonds. The van der Waals surface area contributed by atoms with E-state index in [1.807, 2.05) is 36.4 Å². The number of rotatable bonds is 3. The molecule has 0 nitrogen and oxygen atoms in total. The maximum atomic E-state index is 3.63. The predicted molar refractivity (Wildman–Crippen MR) is 77.5 cm³/mol. The largest absolute Gasteiger partial charge is 0.0991 e. The molecule has 88 valence electrons. The van der Waals surface area contributed by atoms with Crippen molar-refractivity contribution < 1.29 is 0 Å². The molecular formula is C16H24. The molecule has 0 spiro atoms. The summed E-state index contributed by atoms with van der Waals surface area (Å²) in [6.07, 6.45) is 7.75. The monoisotopic (exact) mass is 216 g/mol. The van der Waals surface area contributed by atoms with Crippen molar-refractivity contribution in [3.63, 3.8) is 0 Å². The van der Waals surface area contributed by atoms with Gasteiger partial charge in [0.2, 0.25) is 0 Å². The molecule has 0 atom stereocenters. The zero-order chi connectivity index (χ0) is 12.6. The van der Waals surface area contributed by atoms with Crippen LogP contribution in [0.2, 0.25) is 0 Å². The first-order valence-corrected chi connectivity index (χ1v) is 5.67. The number of allylic oxidation sites excluding steroid dienone is 2. The summed E-state index contributed by atoms with van der Waals surface area (Å²) in [7, 11) is 0. The lowest BCUT2D eigenvalue weighted by Crippen LogP contribution is -1.63. The molecule has 0 saturated heterocycles. The minimum atomic E-state index is 1.17. The maximum Gasteiger partial charge on any atom is -0.0263 e. The zero-order valence-electron chi connectivity index (χ0n) is 10.7. The van der Waals surface area contributed by atoms with Gasteiger partial charge in [-0.3, -0.25) is 0 Å². The first-order valence-electron chi connectivity index (χ1n) is 5.67. The molecule has 1 rings (SSSR count). The first kappa shape index (κ1) is 16.9. The second kappa shape index (κ2) is 15.9. The standard InChI is InChI=1S/C8H8.C4H10.C4H6/c1-2-8-6-4-3-5-7-8;2*1-3-4-2/h2-7H,1H2;3-4H2,1-2H3;3-4H,1-2H2. The van der Waals surface area contributed by atoms with Crippen LogP contribution in [0.15, 0.2) is 62.2 Å². The highest BCUT2D eigenvalue weighted by Crippen LogP contribution is 1.97. The van der Waals surface area contributed by atoms with Crippen molar-refractivity contribution in [3.05, 3.63) is 67.8 Å². The van der Waals surface area contributed by atoms with Crippen LogP contribution in [0.5, 0.6) is 0 Å². The fourth-order valence-corrected chi connectivity index (χ4v) is 0.589. The van der Waals surface area contributed by atoms with Gasteiger partial charge in [0.25, 0.3) is 0 Å². The summed E-state index contributed by atoms with van der Waals surface area (Å²) in [4.78, 5) is 0. The topological polar surface area (TPSA) is 0 Å². The van der Waals surface area contributed by atoms with Gasteiger partial charge < -0.3 is 0 Å². The fourth-order valence-electron chi connectivity index (χ4n) is 0.589. The van der Waals surface area contributed by atoms with E-state index in [0.29, 0.717) is 0 Å². The summed E-state index contributed by atoms with van der Waals surface area (Å²) < 4.78 is 0. The third-order valence-electron chi connectivity index (χ3n) is 1.70. The molecule has 0 N–H and O–H groups in total. The normalized spacial score (nSPS) is 7.38. The van der Waals surface area contributed by atoms with E-state index in [9.17, 15) is 0 Å². The van der Waals surface area contributed by atoms with Gasteiger partial charge in [0.05, 0.1) is 0 Å². The van der Waals surface area contributed by atoms with Crippen molar-refractivity contribution >= 4 is 6.08 Å². The molecule has 1 aromatic carbocycles. The van der Waals surface area contributed by atoms with Crippen molar-refractivity contribution in [1.82, 2.24) is 0 Å². The van der Waals surface area contributed by atoms with E-state index >= 15 is 0 Å². The summed E-state index contributed by atoms with van der Waals surface area (Å²) in [5.74, 6) is 0. The third-order valence-corrected chi connectivity index (χ3v) is 1.70. The van der Waals surface area contributed by atoms with Gasteiger partial charge in [-0.05, 0) is 5.56 Å². The Hall–Kier alpha value is -1.56. The lowest BCUT2D eigenvalue weighted by Gasteiger charge is -1.85. The van der Waals surface area contributed by atoms with Crippen LogP contribution in [-0.4, -0.2) is 0 Å². The van der Waals surface area contributed by atoms with E-state index in [4.69, 9.17) is 0 Å². The smallest absolute Gasteiger partial charge is 0.0263 e. The van der Waals surface area contributed by atoms with Crippen molar-refractivity contribution in [2.75, 3.05) is 0 Å². The zero-order valence-corrected chi connectivity index (χ0v) is 10.7. The van der Waals surface area contributed by atoms with E-state index in [1.165, 1.54) is 18.4 Å². The lowest BCUT2D eigenvalue weighted by atomic mass is 10.2. The first-order chi connectivity index (χ1) is 7.76. The van der Waals surface area contributed by atoms with E-state index in [1.54, 1.807) is 12.2 Å². The Morgan fingerprint density at radius 2 is 1.31 bits per heavy atom. The SMILES string of the molecule is C=CC=C.C=Cc1ccccc1.CCCC. The molecule has 0 fully saturated rings. The summed E-state index contributed by atoms with van der Waals surface area (Å²) in [5, 5.41) is 0. The molecule has 0 aliphatic heterocycles. The minimum Gasteiger partial charge on any atom is -0.0991 e. The Balaban J connectivity index is 0. The van der Waals surface area contributed by atoms with Crippen LogP contribution in [0.3, 0.4) is 0 Å². The van der Waals surface area contributed by atoms with Gasteiger partial charge in [0, 0.05) is 0 Å². The van der Waals surface area contributed by atoms with E-state index in [0.717, 1.165) is 0 Å². The minimum absolute atomic E-state index is 1.17. The van der Waals surface area contributed by atoms with Crippen molar-refractivity contribution in [3.8, 4) is 0 Å². The fraction of sp³-hybridized carbons (Fsp3) is 0.250. The molecule has 1 aromatic rings. The number of hydrogen-bond acceptors (Lipinski definition) is 0. The van der Waals surface area contributed by atoms with Crippen molar-refractivity contribution in [1.29, 1.82) is 0 Å². The lowest BCUT2D eigenvalue weighted by molar-refractivity contribution is 0.886. The van der Waals surface area contributed by atoms with Gasteiger partial charge in [-0.2, -0.15) is 0 Å². The van der Waals surface area contributed by atoms with Crippen molar-refractivity contribution in [2.45, 2.75) is 26.7 Å². The highest BCUT2D eigenvalue weighted by atomic mass is 13.8. The van der Waals surface area contributed by atoms with Crippen LogP contribution in [0.4, 0.5) is 0 Å². The summed E-state index contributed by atoms with van der Waals surface area (Å²) >= 11 is 0. The van der Waals surface area contributed by atoms with Crippen LogP contribution in [-0.2, 0) is 0 Å². The average Bonchev–Trinajstić information content (AvgIpc) is 2.40. The molecule has 0 bridgehead atoms. The van der Waals surface area contributed by atoms with E-state index < -0.39 is 0 Å². The van der Waals surface area contributed by atoms with Gasteiger partial charge in [0.1, 0.15) is 0 Å². The number of benzene rings is 1. The highest BCUT2D eigenvalue weighted by molar-refractivity contribution is 5.45. The van der Waals surface area contributed by atoms with Gasteiger partial charge in [-0.15, -0.1) is 0 Å². The Kier molecular flexibility index (Phi) is 16.7. The van der Waals surface area contributed by atoms with Crippen molar-refractivity contribution in [2.24, 2.45) is 0 Å². The third kappa shape index (κ3) is 14.9. The van der Waals surface area contributed by atoms with Gasteiger partial charge >= 0.3 is 0 Å². The molecular weight excluding hydrogens is 192 g/mol. The summed E-state index contributed by atoms with van der Waals surface area (Å²) in [6.45, 7) is 14.7. The van der Waals surface area contributed by atoms with Crippen LogP contribution in [0.1, 0.15) is 32.3 Å². The molecule has 0 unspecified atom stereocenters. The molecule has 0 heteroatoms. The summed E-state index contributed by atoms with van der Waals surface area (Å²) in [6, 6.07) is 10.0. The molecule has 0 aliphatic carbocycles. The Morgan fingerprint density at radius 3 is 1.50 bits per heavy atom. The molecule has 0 aromatic heterocycles. The van der Waals surface area contributed by atoms with E-state index in [2.05, 4.69) is 33.6 Å². The molecule has 0 saturated carbocycles. The molecule has 0 aliphatic rings. The quantitative estimate of drug-likeness (QED) is 0.586. The Morgan fingerprint density at radius 1 is 0.875 bits per heavy atom. The van der Waals surface area contributed by atoms with Crippen LogP contribution in [0, 0.1) is 0 Å². The van der Waals surface area contributed by atoms with Crippen LogP contribution >= 0.6 is 0 Å². The second-order valence-corrected chi connectivity index (χ2v) is 3.09. The second-order valence-electron chi connectivity index (χ2n) is 3.09. The van der Waals surface area contributed by atoms with Gasteiger partial charge in [-0.1, -0.05) is 95.0 Å². The van der Waals surface area contributed by atoms with Crippen LogP contribution in [0.25, 0.3) is 6.08 Å². The Labute approximate surface area is 101 Å². The number of unbranched alkanes of at least 4 members (excludes halogenated alkanes) is 1. The van der Waals surface area contributed by atoms with Crippen LogP contribution < -0.4 is 0 Å². The average molecular weight is 216 g/mol. The predicted octanol–water partition coefficient (Wildman–Crippen LogP) is 5.49.